The van der Waals surface area contributed by atoms with Crippen LogP contribution < -0.4 is 5.32 Å². The number of hydrogen-bond donors (Lipinski definition) is 1. The molecule has 0 aromatic carbocycles. The van der Waals surface area contributed by atoms with E-state index in [-0.39, 0.29) is 11.5 Å². The van der Waals surface area contributed by atoms with Crippen molar-refractivity contribution in [1.29, 1.82) is 0 Å². The van der Waals surface area contributed by atoms with E-state index in [0.29, 0.717) is 18.0 Å². The average molecular weight is 294 g/mol. The van der Waals surface area contributed by atoms with Gasteiger partial charge in [0.15, 0.2) is 0 Å². The zero-order valence-electron chi connectivity index (χ0n) is 14.5. The SMILES string of the molecule is CCCCCC(C)(C)CN1C(=O)C(C)NC1C1CCCC1. The van der Waals surface area contributed by atoms with Gasteiger partial charge in [-0.3, -0.25) is 10.1 Å². The Morgan fingerprint density at radius 1 is 1.24 bits per heavy atom. The summed E-state index contributed by atoms with van der Waals surface area (Å²) < 4.78 is 0. The Balaban J connectivity index is 1.98. The van der Waals surface area contributed by atoms with Crippen LogP contribution in [0.15, 0.2) is 0 Å². The number of hydrogen-bond acceptors (Lipinski definition) is 2. The Hall–Kier alpha value is -0.570. The van der Waals surface area contributed by atoms with E-state index in [9.17, 15) is 4.79 Å². The molecule has 1 amide bonds. The third-order valence-electron chi connectivity index (χ3n) is 5.31. The van der Waals surface area contributed by atoms with Gasteiger partial charge in [-0.1, -0.05) is 52.9 Å². The zero-order valence-corrected chi connectivity index (χ0v) is 14.5. The minimum absolute atomic E-state index is 0.00189. The summed E-state index contributed by atoms with van der Waals surface area (Å²) in [6.07, 6.45) is 10.6. The fraction of sp³-hybridized carbons (Fsp3) is 0.944. The third-order valence-corrected chi connectivity index (χ3v) is 5.31. The minimum atomic E-state index is 0.00189. The first-order valence-corrected chi connectivity index (χ1v) is 9.01. The molecule has 3 heteroatoms. The van der Waals surface area contributed by atoms with Crippen molar-refractivity contribution in [2.75, 3.05) is 6.54 Å². The van der Waals surface area contributed by atoms with Crippen LogP contribution in [-0.4, -0.2) is 29.6 Å². The Morgan fingerprint density at radius 2 is 1.90 bits per heavy atom. The molecule has 1 aliphatic carbocycles. The molecule has 1 aliphatic heterocycles. The topological polar surface area (TPSA) is 32.3 Å². The summed E-state index contributed by atoms with van der Waals surface area (Å²) in [5.74, 6) is 0.987. The van der Waals surface area contributed by atoms with E-state index in [4.69, 9.17) is 0 Å². The van der Waals surface area contributed by atoms with Gasteiger partial charge in [0.25, 0.3) is 0 Å². The normalized spacial score (nSPS) is 27.8. The molecule has 21 heavy (non-hydrogen) atoms. The van der Waals surface area contributed by atoms with E-state index < -0.39 is 0 Å². The molecule has 122 valence electrons. The molecule has 0 radical (unpaired) electrons. The lowest BCUT2D eigenvalue weighted by Gasteiger charge is -2.36. The van der Waals surface area contributed by atoms with Crippen LogP contribution in [0.3, 0.4) is 0 Å². The molecule has 1 saturated carbocycles. The second-order valence-electron chi connectivity index (χ2n) is 7.97. The number of nitrogens with one attached hydrogen (secondary N) is 1. The number of nitrogens with zero attached hydrogens (tertiary/aromatic N) is 1. The molecular formula is C18H34N2O. The molecule has 2 aliphatic rings. The van der Waals surface area contributed by atoms with Crippen LogP contribution >= 0.6 is 0 Å². The average Bonchev–Trinajstić information content (AvgIpc) is 3.03. The van der Waals surface area contributed by atoms with E-state index >= 15 is 0 Å². The first-order valence-electron chi connectivity index (χ1n) is 9.01. The van der Waals surface area contributed by atoms with Crippen LogP contribution in [0, 0.1) is 11.3 Å². The van der Waals surface area contributed by atoms with Crippen molar-refractivity contribution in [2.24, 2.45) is 11.3 Å². The van der Waals surface area contributed by atoms with Gasteiger partial charge in [0.05, 0.1) is 12.2 Å². The van der Waals surface area contributed by atoms with Crippen molar-refractivity contribution in [1.82, 2.24) is 10.2 Å². The van der Waals surface area contributed by atoms with Gasteiger partial charge < -0.3 is 4.90 Å². The highest BCUT2D eigenvalue weighted by Crippen LogP contribution is 2.34. The minimum Gasteiger partial charge on any atom is -0.325 e. The highest BCUT2D eigenvalue weighted by molar-refractivity contribution is 5.84. The molecule has 0 spiro atoms. The number of carbonyl (C=O) groups is 1. The van der Waals surface area contributed by atoms with E-state index in [1.165, 1.54) is 51.4 Å². The van der Waals surface area contributed by atoms with E-state index in [0.717, 1.165) is 6.54 Å². The summed E-state index contributed by atoms with van der Waals surface area (Å²) >= 11 is 0. The van der Waals surface area contributed by atoms with Gasteiger partial charge in [-0.05, 0) is 37.5 Å². The van der Waals surface area contributed by atoms with Crippen molar-refractivity contribution >= 4 is 5.91 Å². The molecule has 2 atom stereocenters. The summed E-state index contributed by atoms with van der Waals surface area (Å²) in [4.78, 5) is 14.7. The predicted molar refractivity (Wildman–Crippen MR) is 88.0 cm³/mol. The van der Waals surface area contributed by atoms with E-state index in [1.807, 2.05) is 6.92 Å². The van der Waals surface area contributed by atoms with Gasteiger partial charge in [-0.15, -0.1) is 0 Å². The molecule has 2 rings (SSSR count). The maximum absolute atomic E-state index is 12.5. The molecule has 0 aromatic rings. The van der Waals surface area contributed by atoms with Gasteiger partial charge in [0.2, 0.25) is 5.91 Å². The molecule has 1 heterocycles. The second-order valence-corrected chi connectivity index (χ2v) is 7.97. The third kappa shape index (κ3) is 4.21. The summed E-state index contributed by atoms with van der Waals surface area (Å²) in [7, 11) is 0. The number of carbonyl (C=O) groups excluding carboxylic acids is 1. The van der Waals surface area contributed by atoms with Crippen LogP contribution in [0.1, 0.15) is 79.1 Å². The summed E-state index contributed by atoms with van der Waals surface area (Å²) in [6.45, 7) is 9.83. The van der Waals surface area contributed by atoms with Gasteiger partial charge in [0, 0.05) is 6.54 Å². The van der Waals surface area contributed by atoms with Crippen LogP contribution in [0.5, 0.6) is 0 Å². The van der Waals surface area contributed by atoms with Crippen molar-refractivity contribution in [2.45, 2.75) is 91.3 Å². The quantitative estimate of drug-likeness (QED) is 0.722. The summed E-state index contributed by atoms with van der Waals surface area (Å²) in [5, 5.41) is 3.56. The Morgan fingerprint density at radius 3 is 2.52 bits per heavy atom. The Kier molecular flexibility index (Phi) is 5.70. The fourth-order valence-electron chi connectivity index (χ4n) is 4.04. The lowest BCUT2D eigenvalue weighted by atomic mass is 9.85. The highest BCUT2D eigenvalue weighted by Gasteiger charge is 2.42. The Labute approximate surface area is 130 Å². The van der Waals surface area contributed by atoms with Gasteiger partial charge >= 0.3 is 0 Å². The van der Waals surface area contributed by atoms with E-state index in [2.05, 4.69) is 31.0 Å². The molecule has 1 N–H and O–H groups in total. The first-order chi connectivity index (χ1) is 9.94. The van der Waals surface area contributed by atoms with Crippen LogP contribution in [0.2, 0.25) is 0 Å². The van der Waals surface area contributed by atoms with Crippen LogP contribution in [-0.2, 0) is 4.79 Å². The zero-order chi connectivity index (χ0) is 15.5. The first kappa shape index (κ1) is 16.8. The lowest BCUT2D eigenvalue weighted by molar-refractivity contribution is -0.131. The molecule has 3 nitrogen and oxygen atoms in total. The van der Waals surface area contributed by atoms with Crippen LogP contribution in [0.4, 0.5) is 0 Å². The second kappa shape index (κ2) is 7.13. The predicted octanol–water partition coefficient (Wildman–Crippen LogP) is 3.93. The maximum atomic E-state index is 12.5. The monoisotopic (exact) mass is 294 g/mol. The number of rotatable bonds is 7. The van der Waals surface area contributed by atoms with Gasteiger partial charge in [-0.25, -0.2) is 0 Å². The molecule has 0 bridgehead atoms. The van der Waals surface area contributed by atoms with Crippen molar-refractivity contribution in [3.63, 3.8) is 0 Å². The van der Waals surface area contributed by atoms with Gasteiger partial charge in [0.1, 0.15) is 0 Å². The van der Waals surface area contributed by atoms with Crippen molar-refractivity contribution < 1.29 is 4.79 Å². The standard InChI is InChI=1S/C18H34N2O/c1-5-6-9-12-18(3,4)13-20-16(15-10-7-8-11-15)19-14(2)17(20)21/h14-16,19H,5-13H2,1-4H3. The smallest absolute Gasteiger partial charge is 0.240 e. The number of amides is 1. The molecule has 0 aromatic heterocycles. The van der Waals surface area contributed by atoms with E-state index in [1.54, 1.807) is 0 Å². The van der Waals surface area contributed by atoms with Crippen molar-refractivity contribution in [3.8, 4) is 0 Å². The van der Waals surface area contributed by atoms with Crippen molar-refractivity contribution in [3.05, 3.63) is 0 Å². The van der Waals surface area contributed by atoms with Crippen LogP contribution in [0.25, 0.3) is 0 Å². The summed E-state index contributed by atoms with van der Waals surface area (Å²) in [6, 6.07) is 0.00189. The Bertz CT molecular complexity index is 347. The number of unbranched alkanes of at least 4 members (excludes halogenated alkanes) is 2. The molecule has 1 saturated heterocycles. The fourth-order valence-corrected chi connectivity index (χ4v) is 4.04. The highest BCUT2D eigenvalue weighted by atomic mass is 16.2. The molecule has 2 fully saturated rings. The lowest BCUT2D eigenvalue weighted by Crippen LogP contribution is -2.46. The molecular weight excluding hydrogens is 260 g/mol. The largest absolute Gasteiger partial charge is 0.325 e. The maximum Gasteiger partial charge on any atom is 0.240 e. The van der Waals surface area contributed by atoms with Gasteiger partial charge in [-0.2, -0.15) is 0 Å². The summed E-state index contributed by atoms with van der Waals surface area (Å²) in [5.41, 5.74) is 0.230. The molecule has 2 unspecified atom stereocenters.